The van der Waals surface area contributed by atoms with Crippen LogP contribution in [0.1, 0.15) is 45.4 Å². The summed E-state index contributed by atoms with van der Waals surface area (Å²) in [6.07, 6.45) is 1.03. The molecule has 0 radical (unpaired) electrons. The number of carboxylic acids is 1. The van der Waals surface area contributed by atoms with Crippen LogP contribution in [-0.2, 0) is 4.79 Å². The summed E-state index contributed by atoms with van der Waals surface area (Å²) in [6.45, 7) is 3.66. The van der Waals surface area contributed by atoms with E-state index >= 15 is 0 Å². The molecule has 0 bridgehead atoms. The van der Waals surface area contributed by atoms with Gasteiger partial charge in [0, 0.05) is 12.1 Å². The normalized spacial score (nSPS) is 19.1. The SMILES string of the molecule is Cc1cc(NC(=O)c2cccc(F)c2)sc1C(=O)N1CCCC1(C)C(=O)O. The van der Waals surface area contributed by atoms with Crippen LogP contribution in [0.4, 0.5) is 9.39 Å². The number of benzene rings is 1. The molecule has 2 aromatic rings. The lowest BCUT2D eigenvalue weighted by Gasteiger charge is -2.31. The summed E-state index contributed by atoms with van der Waals surface area (Å²) in [7, 11) is 0. The maximum absolute atomic E-state index is 13.3. The Morgan fingerprint density at radius 1 is 1.30 bits per heavy atom. The largest absolute Gasteiger partial charge is 0.480 e. The zero-order chi connectivity index (χ0) is 19.8. The second-order valence-corrected chi connectivity index (χ2v) is 7.78. The average molecular weight is 390 g/mol. The standard InChI is InChI=1S/C19H19FN2O4S/c1-11-9-14(21-16(23)12-5-3-6-13(20)10-12)27-15(11)17(24)22-8-4-7-19(22,2)18(25)26/h3,5-6,9-10H,4,7-8H2,1-2H3,(H,21,23)(H,25,26). The quantitative estimate of drug-likeness (QED) is 0.836. The van der Waals surface area contributed by atoms with Crippen LogP contribution >= 0.6 is 11.3 Å². The van der Waals surface area contributed by atoms with Crippen LogP contribution < -0.4 is 5.32 Å². The summed E-state index contributed by atoms with van der Waals surface area (Å²) in [6, 6.07) is 6.97. The van der Waals surface area contributed by atoms with Crippen molar-refractivity contribution < 1.29 is 23.9 Å². The molecule has 1 unspecified atom stereocenters. The number of carbonyl (C=O) groups excluding carboxylic acids is 2. The van der Waals surface area contributed by atoms with Crippen LogP contribution in [0.3, 0.4) is 0 Å². The molecule has 27 heavy (non-hydrogen) atoms. The van der Waals surface area contributed by atoms with Crippen molar-refractivity contribution in [3.63, 3.8) is 0 Å². The number of carbonyl (C=O) groups is 3. The summed E-state index contributed by atoms with van der Waals surface area (Å²) < 4.78 is 13.3. The third kappa shape index (κ3) is 3.57. The Kier molecular flexibility index (Phi) is 5.01. The molecule has 1 aromatic heterocycles. The Morgan fingerprint density at radius 3 is 2.70 bits per heavy atom. The fourth-order valence-electron chi connectivity index (χ4n) is 3.20. The van der Waals surface area contributed by atoms with Crippen molar-refractivity contribution in [3.8, 4) is 0 Å². The fourth-order valence-corrected chi connectivity index (χ4v) is 4.22. The van der Waals surface area contributed by atoms with E-state index in [1.165, 1.54) is 23.1 Å². The first-order chi connectivity index (χ1) is 12.7. The number of carboxylic acid groups (broad SMARTS) is 1. The van der Waals surface area contributed by atoms with Crippen LogP contribution in [0.2, 0.25) is 0 Å². The van der Waals surface area contributed by atoms with Gasteiger partial charge in [0.1, 0.15) is 11.4 Å². The Bertz CT molecular complexity index is 926. The van der Waals surface area contributed by atoms with E-state index in [-0.39, 0.29) is 11.5 Å². The van der Waals surface area contributed by atoms with Gasteiger partial charge in [-0.15, -0.1) is 11.3 Å². The monoisotopic (exact) mass is 390 g/mol. The van der Waals surface area contributed by atoms with E-state index in [0.29, 0.717) is 34.8 Å². The molecular formula is C19H19FN2O4S. The number of aryl methyl sites for hydroxylation is 1. The average Bonchev–Trinajstić information content (AvgIpc) is 3.18. The van der Waals surface area contributed by atoms with E-state index in [1.807, 2.05) is 0 Å². The lowest BCUT2D eigenvalue weighted by atomic mass is 9.99. The van der Waals surface area contributed by atoms with Gasteiger partial charge in [-0.3, -0.25) is 9.59 Å². The van der Waals surface area contributed by atoms with E-state index in [2.05, 4.69) is 5.32 Å². The van der Waals surface area contributed by atoms with Gasteiger partial charge in [0.05, 0.1) is 9.88 Å². The predicted octanol–water partition coefficient (Wildman–Crippen LogP) is 3.53. The van der Waals surface area contributed by atoms with Gasteiger partial charge < -0.3 is 15.3 Å². The Balaban J connectivity index is 1.81. The number of rotatable bonds is 4. The number of anilines is 1. The molecule has 142 valence electrons. The van der Waals surface area contributed by atoms with E-state index < -0.39 is 23.2 Å². The van der Waals surface area contributed by atoms with Gasteiger partial charge in [0.25, 0.3) is 11.8 Å². The van der Waals surface area contributed by atoms with Gasteiger partial charge >= 0.3 is 5.97 Å². The number of thiophene rings is 1. The van der Waals surface area contributed by atoms with Crippen molar-refractivity contribution >= 4 is 34.1 Å². The van der Waals surface area contributed by atoms with Crippen molar-refractivity contribution in [1.29, 1.82) is 0 Å². The maximum Gasteiger partial charge on any atom is 0.329 e. The maximum atomic E-state index is 13.3. The molecule has 6 nitrogen and oxygen atoms in total. The molecule has 1 fully saturated rings. The molecule has 0 aliphatic carbocycles. The van der Waals surface area contributed by atoms with Crippen LogP contribution in [0, 0.1) is 12.7 Å². The highest BCUT2D eigenvalue weighted by Crippen LogP contribution is 2.35. The minimum Gasteiger partial charge on any atom is -0.480 e. The van der Waals surface area contributed by atoms with E-state index in [4.69, 9.17) is 0 Å². The molecule has 1 aliphatic rings. The number of hydrogen-bond donors (Lipinski definition) is 2. The molecule has 2 amide bonds. The Morgan fingerprint density at radius 2 is 2.04 bits per heavy atom. The number of likely N-dealkylation sites (tertiary alicyclic amines) is 1. The summed E-state index contributed by atoms with van der Waals surface area (Å²) in [5.74, 6) is -2.37. The first kappa shape index (κ1) is 19.0. The third-order valence-electron chi connectivity index (χ3n) is 4.78. The lowest BCUT2D eigenvalue weighted by molar-refractivity contribution is -0.147. The van der Waals surface area contributed by atoms with Crippen molar-refractivity contribution in [2.45, 2.75) is 32.2 Å². The van der Waals surface area contributed by atoms with Gasteiger partial charge in [-0.05, 0) is 56.5 Å². The molecule has 0 saturated carbocycles. The van der Waals surface area contributed by atoms with Gasteiger partial charge in [-0.2, -0.15) is 0 Å². The van der Waals surface area contributed by atoms with E-state index in [1.54, 1.807) is 19.9 Å². The van der Waals surface area contributed by atoms with Crippen molar-refractivity contribution in [2.24, 2.45) is 0 Å². The van der Waals surface area contributed by atoms with Gasteiger partial charge in [0.15, 0.2) is 0 Å². The van der Waals surface area contributed by atoms with Crippen LogP contribution in [-0.4, -0.2) is 39.9 Å². The molecule has 2 N–H and O–H groups in total. The second kappa shape index (κ2) is 7.11. The summed E-state index contributed by atoms with van der Waals surface area (Å²) >= 11 is 1.08. The molecule has 1 aliphatic heterocycles. The van der Waals surface area contributed by atoms with Gasteiger partial charge in [-0.25, -0.2) is 9.18 Å². The smallest absolute Gasteiger partial charge is 0.329 e. The number of hydrogen-bond acceptors (Lipinski definition) is 4. The number of aliphatic carboxylic acids is 1. The second-order valence-electron chi connectivity index (χ2n) is 6.73. The molecule has 8 heteroatoms. The van der Waals surface area contributed by atoms with E-state index in [9.17, 15) is 23.9 Å². The number of amides is 2. The zero-order valence-electron chi connectivity index (χ0n) is 14.9. The van der Waals surface area contributed by atoms with Crippen LogP contribution in [0.25, 0.3) is 0 Å². The van der Waals surface area contributed by atoms with Crippen molar-refractivity contribution in [3.05, 3.63) is 52.2 Å². The predicted molar refractivity (Wildman–Crippen MR) is 99.7 cm³/mol. The summed E-state index contributed by atoms with van der Waals surface area (Å²) in [4.78, 5) is 38.6. The molecule has 1 atom stereocenters. The number of nitrogens with one attached hydrogen (secondary N) is 1. The van der Waals surface area contributed by atoms with Gasteiger partial charge in [0.2, 0.25) is 0 Å². The molecule has 1 aromatic carbocycles. The minimum absolute atomic E-state index is 0.173. The molecule has 2 heterocycles. The minimum atomic E-state index is -1.22. The molecule has 0 spiro atoms. The fraction of sp³-hybridized carbons (Fsp3) is 0.316. The number of nitrogens with zero attached hydrogens (tertiary/aromatic N) is 1. The molecule has 1 saturated heterocycles. The summed E-state index contributed by atoms with van der Waals surface area (Å²) in [5.41, 5.74) is -0.399. The number of halogens is 1. The summed E-state index contributed by atoms with van der Waals surface area (Å²) in [5, 5.41) is 12.6. The topological polar surface area (TPSA) is 86.7 Å². The highest BCUT2D eigenvalue weighted by Gasteiger charge is 2.46. The lowest BCUT2D eigenvalue weighted by Crippen LogP contribution is -2.50. The first-order valence-electron chi connectivity index (χ1n) is 8.45. The van der Waals surface area contributed by atoms with Crippen LogP contribution in [0.5, 0.6) is 0 Å². The highest BCUT2D eigenvalue weighted by molar-refractivity contribution is 7.18. The first-order valence-corrected chi connectivity index (χ1v) is 9.27. The third-order valence-corrected chi connectivity index (χ3v) is 5.92. The van der Waals surface area contributed by atoms with E-state index in [0.717, 1.165) is 17.4 Å². The highest BCUT2D eigenvalue weighted by atomic mass is 32.1. The van der Waals surface area contributed by atoms with Gasteiger partial charge in [-0.1, -0.05) is 6.07 Å². The van der Waals surface area contributed by atoms with Crippen molar-refractivity contribution in [2.75, 3.05) is 11.9 Å². The molecular weight excluding hydrogens is 371 g/mol. The van der Waals surface area contributed by atoms with Crippen LogP contribution in [0.15, 0.2) is 30.3 Å². The Labute approximate surface area is 159 Å². The zero-order valence-corrected chi connectivity index (χ0v) is 15.7. The molecule has 3 rings (SSSR count). The Hall–Kier alpha value is -2.74. The van der Waals surface area contributed by atoms with Crippen molar-refractivity contribution in [1.82, 2.24) is 4.90 Å².